The molecule has 0 spiro atoms. The van der Waals surface area contributed by atoms with E-state index in [0.29, 0.717) is 13.1 Å². The molecule has 1 aliphatic rings. The highest BCUT2D eigenvalue weighted by atomic mass is 16.5. The molecular weight excluding hydrogens is 232 g/mol. The SMILES string of the molecule is CC[C@H](C)[C@H](N)C(=O)N1CC(CO)OC(C)(C)C1. The van der Waals surface area contributed by atoms with Crippen molar-refractivity contribution in [2.45, 2.75) is 51.9 Å². The highest BCUT2D eigenvalue weighted by molar-refractivity contribution is 5.82. The number of carbonyl (C=O) groups excluding carboxylic acids is 1. The lowest BCUT2D eigenvalue weighted by atomic mass is 9.97. The fourth-order valence-electron chi connectivity index (χ4n) is 2.27. The van der Waals surface area contributed by atoms with Gasteiger partial charge in [-0.15, -0.1) is 0 Å². The van der Waals surface area contributed by atoms with Crippen molar-refractivity contribution in [3.05, 3.63) is 0 Å². The summed E-state index contributed by atoms with van der Waals surface area (Å²) in [5, 5.41) is 9.22. The molecule has 0 aromatic carbocycles. The first-order valence-corrected chi connectivity index (χ1v) is 6.63. The zero-order valence-electron chi connectivity index (χ0n) is 11.8. The van der Waals surface area contributed by atoms with E-state index in [-0.39, 0.29) is 24.5 Å². The van der Waals surface area contributed by atoms with Crippen molar-refractivity contribution in [3.8, 4) is 0 Å². The van der Waals surface area contributed by atoms with Gasteiger partial charge < -0.3 is 20.5 Å². The van der Waals surface area contributed by atoms with Gasteiger partial charge in [-0.25, -0.2) is 0 Å². The number of morpholine rings is 1. The van der Waals surface area contributed by atoms with Crippen LogP contribution in [-0.2, 0) is 9.53 Å². The van der Waals surface area contributed by atoms with E-state index in [1.165, 1.54) is 0 Å². The molecule has 1 amide bonds. The minimum absolute atomic E-state index is 0.0424. The molecule has 3 N–H and O–H groups in total. The first-order valence-electron chi connectivity index (χ1n) is 6.63. The van der Waals surface area contributed by atoms with Crippen LogP contribution < -0.4 is 5.73 Å². The van der Waals surface area contributed by atoms with Gasteiger partial charge in [0.05, 0.1) is 24.4 Å². The van der Waals surface area contributed by atoms with Gasteiger partial charge in [0, 0.05) is 13.1 Å². The molecule has 106 valence electrons. The molecule has 3 atom stereocenters. The van der Waals surface area contributed by atoms with Gasteiger partial charge >= 0.3 is 0 Å². The largest absolute Gasteiger partial charge is 0.394 e. The summed E-state index contributed by atoms with van der Waals surface area (Å²) in [5.41, 5.74) is 5.55. The summed E-state index contributed by atoms with van der Waals surface area (Å²) in [6.45, 7) is 8.71. The number of nitrogens with zero attached hydrogens (tertiary/aromatic N) is 1. The van der Waals surface area contributed by atoms with Crippen molar-refractivity contribution in [1.29, 1.82) is 0 Å². The Kier molecular flexibility index (Phi) is 5.13. The van der Waals surface area contributed by atoms with Crippen LogP contribution >= 0.6 is 0 Å². The molecule has 0 aromatic rings. The van der Waals surface area contributed by atoms with Crippen LogP contribution in [0.2, 0.25) is 0 Å². The smallest absolute Gasteiger partial charge is 0.239 e. The molecule has 1 saturated heterocycles. The third-order valence-corrected chi connectivity index (χ3v) is 3.54. The van der Waals surface area contributed by atoms with Crippen molar-refractivity contribution in [3.63, 3.8) is 0 Å². The normalized spacial score (nSPS) is 26.8. The zero-order valence-corrected chi connectivity index (χ0v) is 11.8. The number of aliphatic hydroxyl groups is 1. The van der Waals surface area contributed by atoms with Crippen LogP contribution in [0.1, 0.15) is 34.1 Å². The Morgan fingerprint density at radius 1 is 1.61 bits per heavy atom. The Balaban J connectivity index is 2.72. The highest BCUT2D eigenvalue weighted by Crippen LogP contribution is 2.22. The Morgan fingerprint density at radius 3 is 2.72 bits per heavy atom. The summed E-state index contributed by atoms with van der Waals surface area (Å²) in [7, 11) is 0. The lowest BCUT2D eigenvalue weighted by Crippen LogP contribution is -2.59. The number of amides is 1. The second kappa shape index (κ2) is 5.99. The molecule has 5 heteroatoms. The molecule has 0 aliphatic carbocycles. The molecule has 18 heavy (non-hydrogen) atoms. The molecule has 0 radical (unpaired) electrons. The first-order chi connectivity index (χ1) is 8.30. The van der Waals surface area contributed by atoms with E-state index in [2.05, 4.69) is 0 Å². The van der Waals surface area contributed by atoms with Gasteiger partial charge in [0.25, 0.3) is 0 Å². The highest BCUT2D eigenvalue weighted by Gasteiger charge is 2.37. The standard InChI is InChI=1S/C13H26N2O3/c1-5-9(2)11(14)12(17)15-6-10(7-16)18-13(3,4)8-15/h9-11,16H,5-8,14H2,1-4H3/t9-,10?,11-/m0/s1. The van der Waals surface area contributed by atoms with E-state index in [4.69, 9.17) is 10.5 Å². The van der Waals surface area contributed by atoms with Gasteiger partial charge in [-0.05, 0) is 19.8 Å². The molecule has 1 heterocycles. The lowest BCUT2D eigenvalue weighted by Gasteiger charge is -2.43. The molecule has 1 unspecified atom stereocenters. The summed E-state index contributed by atoms with van der Waals surface area (Å²) in [6.07, 6.45) is 0.561. The number of aliphatic hydroxyl groups excluding tert-OH is 1. The van der Waals surface area contributed by atoms with Crippen LogP contribution in [0.25, 0.3) is 0 Å². The third kappa shape index (κ3) is 3.67. The fourth-order valence-corrected chi connectivity index (χ4v) is 2.27. The van der Waals surface area contributed by atoms with Crippen LogP contribution in [0.5, 0.6) is 0 Å². The van der Waals surface area contributed by atoms with Gasteiger partial charge in [-0.1, -0.05) is 20.3 Å². The molecule has 5 nitrogen and oxygen atoms in total. The number of hydrogen-bond donors (Lipinski definition) is 2. The zero-order chi connectivity index (χ0) is 13.9. The molecule has 1 aliphatic heterocycles. The lowest BCUT2D eigenvalue weighted by molar-refractivity contribution is -0.168. The van der Waals surface area contributed by atoms with Crippen molar-refractivity contribution < 1.29 is 14.6 Å². The van der Waals surface area contributed by atoms with Crippen LogP contribution in [0.4, 0.5) is 0 Å². The first kappa shape index (κ1) is 15.4. The van der Waals surface area contributed by atoms with E-state index in [1.54, 1.807) is 4.90 Å². The Labute approximate surface area is 109 Å². The minimum atomic E-state index is -0.469. The number of rotatable bonds is 4. The van der Waals surface area contributed by atoms with Crippen LogP contribution in [0, 0.1) is 5.92 Å². The van der Waals surface area contributed by atoms with E-state index < -0.39 is 11.6 Å². The molecule has 1 rings (SSSR count). The molecule has 0 bridgehead atoms. The van der Waals surface area contributed by atoms with E-state index in [9.17, 15) is 9.90 Å². The maximum absolute atomic E-state index is 12.3. The van der Waals surface area contributed by atoms with E-state index in [1.807, 2.05) is 27.7 Å². The quantitative estimate of drug-likeness (QED) is 0.763. The van der Waals surface area contributed by atoms with Crippen molar-refractivity contribution in [2.75, 3.05) is 19.7 Å². The molecular formula is C13H26N2O3. The average molecular weight is 258 g/mol. The van der Waals surface area contributed by atoms with Gasteiger partial charge in [0.2, 0.25) is 5.91 Å². The summed E-state index contributed by atoms with van der Waals surface area (Å²) in [6, 6.07) is -0.469. The summed E-state index contributed by atoms with van der Waals surface area (Å²) >= 11 is 0. The third-order valence-electron chi connectivity index (χ3n) is 3.54. The second-order valence-electron chi connectivity index (χ2n) is 5.81. The number of nitrogens with two attached hydrogens (primary N) is 1. The topological polar surface area (TPSA) is 75.8 Å². The summed E-state index contributed by atoms with van der Waals surface area (Å²) in [5.74, 6) is 0.121. The summed E-state index contributed by atoms with van der Waals surface area (Å²) < 4.78 is 5.69. The van der Waals surface area contributed by atoms with Gasteiger partial charge in [0.1, 0.15) is 0 Å². The number of carbonyl (C=O) groups is 1. The number of hydrogen-bond acceptors (Lipinski definition) is 4. The number of ether oxygens (including phenoxy) is 1. The maximum Gasteiger partial charge on any atom is 0.239 e. The maximum atomic E-state index is 12.3. The van der Waals surface area contributed by atoms with Crippen molar-refractivity contribution in [1.82, 2.24) is 4.90 Å². The molecule has 0 aromatic heterocycles. The Hall–Kier alpha value is -0.650. The Morgan fingerprint density at radius 2 is 2.22 bits per heavy atom. The molecule has 1 fully saturated rings. The van der Waals surface area contributed by atoms with Gasteiger partial charge in [-0.3, -0.25) is 4.79 Å². The Bertz CT molecular complexity index is 294. The summed E-state index contributed by atoms with van der Waals surface area (Å²) in [4.78, 5) is 14.0. The van der Waals surface area contributed by atoms with Gasteiger partial charge in [-0.2, -0.15) is 0 Å². The van der Waals surface area contributed by atoms with Crippen LogP contribution in [0.3, 0.4) is 0 Å². The van der Waals surface area contributed by atoms with Crippen molar-refractivity contribution in [2.24, 2.45) is 11.7 Å². The van der Waals surface area contributed by atoms with Gasteiger partial charge in [0.15, 0.2) is 0 Å². The van der Waals surface area contributed by atoms with E-state index >= 15 is 0 Å². The molecule has 0 saturated carbocycles. The monoisotopic (exact) mass is 258 g/mol. The fraction of sp³-hybridized carbons (Fsp3) is 0.923. The minimum Gasteiger partial charge on any atom is -0.394 e. The van der Waals surface area contributed by atoms with E-state index in [0.717, 1.165) is 6.42 Å². The van der Waals surface area contributed by atoms with Crippen LogP contribution in [-0.4, -0.2) is 53.4 Å². The predicted octanol–water partition coefficient (Wildman–Crippen LogP) is 0.358. The van der Waals surface area contributed by atoms with Crippen LogP contribution in [0.15, 0.2) is 0 Å². The second-order valence-corrected chi connectivity index (χ2v) is 5.81. The average Bonchev–Trinajstić information content (AvgIpc) is 2.33. The predicted molar refractivity (Wildman–Crippen MR) is 70.0 cm³/mol. The van der Waals surface area contributed by atoms with Crippen molar-refractivity contribution >= 4 is 5.91 Å².